The van der Waals surface area contributed by atoms with Crippen molar-refractivity contribution in [3.05, 3.63) is 10.5 Å². The second kappa shape index (κ2) is 5.42. The number of halogens is 1. The summed E-state index contributed by atoms with van der Waals surface area (Å²) in [5.74, 6) is 0. The summed E-state index contributed by atoms with van der Waals surface area (Å²) in [5.41, 5.74) is 0. The van der Waals surface area contributed by atoms with Crippen LogP contribution in [0.15, 0.2) is 5.38 Å². The van der Waals surface area contributed by atoms with Crippen LogP contribution < -0.4 is 4.90 Å². The third kappa shape index (κ3) is 3.50. The van der Waals surface area contributed by atoms with E-state index >= 15 is 0 Å². The molecule has 3 nitrogen and oxygen atoms in total. The van der Waals surface area contributed by atoms with Crippen molar-refractivity contribution in [2.24, 2.45) is 0 Å². The zero-order valence-corrected chi connectivity index (χ0v) is 9.36. The van der Waals surface area contributed by atoms with E-state index in [1.54, 1.807) is 11.3 Å². The quantitative estimate of drug-likeness (QED) is 0.712. The van der Waals surface area contributed by atoms with Crippen molar-refractivity contribution < 1.29 is 4.74 Å². The molecule has 0 aromatic carbocycles. The van der Waals surface area contributed by atoms with Crippen LogP contribution >= 0.6 is 22.9 Å². The summed E-state index contributed by atoms with van der Waals surface area (Å²) >= 11 is 7.25. The Hall–Kier alpha value is -0.320. The van der Waals surface area contributed by atoms with Gasteiger partial charge in [0, 0.05) is 25.6 Å². The third-order valence-electron chi connectivity index (χ3n) is 1.57. The average molecular weight is 221 g/mol. The van der Waals surface area contributed by atoms with Crippen molar-refractivity contribution in [1.29, 1.82) is 0 Å². The summed E-state index contributed by atoms with van der Waals surface area (Å²) < 4.78 is 5.23. The number of likely N-dealkylation sites (N-methyl/N-ethyl adjacent to an activating group) is 1. The number of aromatic nitrogens is 1. The van der Waals surface area contributed by atoms with Crippen LogP contribution in [0.1, 0.15) is 6.92 Å². The number of anilines is 1. The standard InChI is InChI=1S/C8H13ClN2OS/c1-3-12-5-4-11(2)8-10-7(9)6-13-8/h6H,3-5H2,1-2H3. The lowest BCUT2D eigenvalue weighted by Crippen LogP contribution is -2.22. The number of nitrogens with zero attached hydrogens (tertiary/aromatic N) is 2. The van der Waals surface area contributed by atoms with E-state index < -0.39 is 0 Å². The van der Waals surface area contributed by atoms with Gasteiger partial charge in [0.1, 0.15) is 5.15 Å². The fourth-order valence-corrected chi connectivity index (χ4v) is 1.80. The van der Waals surface area contributed by atoms with Crippen LogP contribution in [0.4, 0.5) is 5.13 Å². The molecule has 1 heterocycles. The van der Waals surface area contributed by atoms with Gasteiger partial charge in [-0.25, -0.2) is 4.98 Å². The van der Waals surface area contributed by atoms with Crippen LogP contribution in [0.5, 0.6) is 0 Å². The Kier molecular flexibility index (Phi) is 4.48. The van der Waals surface area contributed by atoms with Gasteiger partial charge in [0.15, 0.2) is 5.13 Å². The number of ether oxygens (including phenoxy) is 1. The lowest BCUT2D eigenvalue weighted by atomic mass is 10.6. The van der Waals surface area contributed by atoms with E-state index in [0.29, 0.717) is 5.15 Å². The third-order valence-corrected chi connectivity index (χ3v) is 2.84. The maximum atomic E-state index is 5.71. The molecule has 1 aromatic heterocycles. The highest BCUT2D eigenvalue weighted by atomic mass is 35.5. The predicted molar refractivity (Wildman–Crippen MR) is 56.9 cm³/mol. The number of hydrogen-bond donors (Lipinski definition) is 0. The summed E-state index contributed by atoms with van der Waals surface area (Å²) in [4.78, 5) is 6.18. The highest BCUT2D eigenvalue weighted by molar-refractivity contribution is 7.14. The Morgan fingerprint density at radius 2 is 2.46 bits per heavy atom. The lowest BCUT2D eigenvalue weighted by molar-refractivity contribution is 0.154. The van der Waals surface area contributed by atoms with Crippen LogP contribution in [0, 0.1) is 0 Å². The topological polar surface area (TPSA) is 25.4 Å². The molecule has 0 fully saturated rings. The van der Waals surface area contributed by atoms with Crippen LogP contribution in [-0.4, -0.2) is 31.8 Å². The Morgan fingerprint density at radius 3 is 3.00 bits per heavy atom. The molecule has 0 aliphatic rings. The molecule has 0 aliphatic heterocycles. The van der Waals surface area contributed by atoms with Gasteiger partial charge in [-0.3, -0.25) is 0 Å². The molecule has 0 N–H and O–H groups in total. The van der Waals surface area contributed by atoms with Crippen molar-refractivity contribution in [3.63, 3.8) is 0 Å². The van der Waals surface area contributed by atoms with E-state index in [9.17, 15) is 0 Å². The molecule has 0 spiro atoms. The van der Waals surface area contributed by atoms with Gasteiger partial charge in [0.2, 0.25) is 0 Å². The Bertz CT molecular complexity index is 254. The van der Waals surface area contributed by atoms with E-state index in [1.165, 1.54) is 0 Å². The minimum absolute atomic E-state index is 0.559. The summed E-state index contributed by atoms with van der Waals surface area (Å²) in [6.45, 7) is 4.31. The van der Waals surface area contributed by atoms with Gasteiger partial charge in [-0.2, -0.15) is 0 Å². The van der Waals surface area contributed by atoms with Crippen molar-refractivity contribution in [2.75, 3.05) is 31.7 Å². The van der Waals surface area contributed by atoms with Crippen LogP contribution in [0.25, 0.3) is 0 Å². The number of rotatable bonds is 5. The van der Waals surface area contributed by atoms with Gasteiger partial charge in [-0.15, -0.1) is 11.3 Å². The number of hydrogen-bond acceptors (Lipinski definition) is 4. The Labute approximate surface area is 87.3 Å². The first kappa shape index (κ1) is 10.8. The monoisotopic (exact) mass is 220 g/mol. The molecule has 0 radical (unpaired) electrons. The molecule has 1 rings (SSSR count). The van der Waals surface area contributed by atoms with E-state index in [-0.39, 0.29) is 0 Å². The van der Waals surface area contributed by atoms with E-state index in [0.717, 1.165) is 24.9 Å². The highest BCUT2D eigenvalue weighted by Crippen LogP contribution is 2.21. The summed E-state index contributed by atoms with van der Waals surface area (Å²) in [6.07, 6.45) is 0. The molecular formula is C8H13ClN2OS. The molecule has 0 atom stereocenters. The van der Waals surface area contributed by atoms with Gasteiger partial charge in [-0.1, -0.05) is 11.6 Å². The first-order valence-electron chi connectivity index (χ1n) is 4.14. The molecular weight excluding hydrogens is 208 g/mol. The van der Waals surface area contributed by atoms with Gasteiger partial charge < -0.3 is 9.64 Å². The van der Waals surface area contributed by atoms with E-state index in [1.807, 2.05) is 24.3 Å². The van der Waals surface area contributed by atoms with E-state index in [4.69, 9.17) is 16.3 Å². The van der Waals surface area contributed by atoms with Crippen molar-refractivity contribution in [1.82, 2.24) is 4.98 Å². The molecule has 0 saturated heterocycles. The fraction of sp³-hybridized carbons (Fsp3) is 0.625. The molecule has 0 aliphatic carbocycles. The molecule has 0 saturated carbocycles. The SMILES string of the molecule is CCOCCN(C)c1nc(Cl)cs1. The maximum Gasteiger partial charge on any atom is 0.186 e. The zero-order valence-electron chi connectivity index (χ0n) is 7.79. The molecule has 74 valence electrons. The smallest absolute Gasteiger partial charge is 0.186 e. The summed E-state index contributed by atoms with van der Waals surface area (Å²) in [6, 6.07) is 0. The van der Waals surface area contributed by atoms with E-state index in [2.05, 4.69) is 4.98 Å². The normalized spacial score (nSPS) is 10.4. The van der Waals surface area contributed by atoms with Gasteiger partial charge in [-0.05, 0) is 6.92 Å². The van der Waals surface area contributed by atoms with Gasteiger partial charge in [0.05, 0.1) is 6.61 Å². The molecule has 0 unspecified atom stereocenters. The Morgan fingerprint density at radius 1 is 1.69 bits per heavy atom. The fourth-order valence-electron chi connectivity index (χ4n) is 0.862. The van der Waals surface area contributed by atoms with Crippen LogP contribution in [-0.2, 0) is 4.74 Å². The minimum Gasteiger partial charge on any atom is -0.380 e. The van der Waals surface area contributed by atoms with Crippen molar-refractivity contribution in [3.8, 4) is 0 Å². The second-order valence-electron chi connectivity index (χ2n) is 2.57. The average Bonchev–Trinajstić information content (AvgIpc) is 2.52. The molecule has 0 amide bonds. The summed E-state index contributed by atoms with van der Waals surface area (Å²) in [5, 5.41) is 3.32. The van der Waals surface area contributed by atoms with Crippen LogP contribution in [0.2, 0.25) is 5.15 Å². The maximum absolute atomic E-state index is 5.71. The van der Waals surface area contributed by atoms with Crippen LogP contribution in [0.3, 0.4) is 0 Å². The first-order chi connectivity index (χ1) is 6.24. The zero-order chi connectivity index (χ0) is 9.68. The predicted octanol–water partition coefficient (Wildman–Crippen LogP) is 2.27. The largest absolute Gasteiger partial charge is 0.380 e. The molecule has 5 heteroatoms. The minimum atomic E-state index is 0.559. The second-order valence-corrected chi connectivity index (χ2v) is 3.80. The Balaban J connectivity index is 2.35. The highest BCUT2D eigenvalue weighted by Gasteiger charge is 2.04. The van der Waals surface area contributed by atoms with Crippen molar-refractivity contribution in [2.45, 2.75) is 6.92 Å². The molecule has 1 aromatic rings. The summed E-state index contributed by atoms with van der Waals surface area (Å²) in [7, 11) is 1.98. The molecule has 13 heavy (non-hydrogen) atoms. The number of thiazole rings is 1. The van der Waals surface area contributed by atoms with Crippen molar-refractivity contribution >= 4 is 28.1 Å². The van der Waals surface area contributed by atoms with Gasteiger partial charge >= 0.3 is 0 Å². The lowest BCUT2D eigenvalue weighted by Gasteiger charge is -2.14. The first-order valence-corrected chi connectivity index (χ1v) is 5.39. The van der Waals surface area contributed by atoms with Gasteiger partial charge in [0.25, 0.3) is 0 Å². The molecule has 0 bridgehead atoms.